The zero-order valence-electron chi connectivity index (χ0n) is 22.1. The Balaban J connectivity index is 1.42. The number of nitro groups is 1. The number of imide groups is 1. The van der Waals surface area contributed by atoms with Crippen molar-refractivity contribution >= 4 is 34.5 Å². The van der Waals surface area contributed by atoms with E-state index in [1.165, 1.54) is 19.1 Å². The summed E-state index contributed by atoms with van der Waals surface area (Å²) in [5.41, 5.74) is 2.55. The van der Waals surface area contributed by atoms with Gasteiger partial charge in [-0.15, -0.1) is 0 Å². The molecule has 0 aromatic heterocycles. The van der Waals surface area contributed by atoms with Crippen LogP contribution in [0.25, 0.3) is 11.3 Å². The van der Waals surface area contributed by atoms with Crippen LogP contribution in [0.4, 0.5) is 11.4 Å². The maximum atomic E-state index is 13.7. The molecule has 0 unspecified atom stereocenters. The van der Waals surface area contributed by atoms with Gasteiger partial charge in [0.05, 0.1) is 21.9 Å². The normalized spacial score (nSPS) is 23.7. The molecular weight excluding hydrogens is 482 g/mol. The Labute approximate surface area is 223 Å². The molecule has 200 valence electrons. The van der Waals surface area contributed by atoms with Crippen LogP contribution < -0.4 is 10.2 Å². The third-order valence-corrected chi connectivity index (χ3v) is 8.05. The number of carbonyl (C=O) groups is 2. The summed E-state index contributed by atoms with van der Waals surface area (Å²) in [5.74, 6) is -0.251. The smallest absolute Gasteiger partial charge is 0.271 e. The number of likely N-dealkylation sites (N-methyl/N-ethyl adjacent to an activating group) is 1. The Hall–Kier alpha value is -3.56. The second-order valence-corrected chi connectivity index (χ2v) is 10.7. The van der Waals surface area contributed by atoms with Gasteiger partial charge >= 0.3 is 0 Å². The number of nitrogens with zero attached hydrogens (tertiary/aromatic N) is 4. The van der Waals surface area contributed by atoms with E-state index in [0.29, 0.717) is 22.8 Å². The first-order valence-electron chi connectivity index (χ1n) is 13.4. The average molecular weight is 518 g/mol. The molecule has 0 atom stereocenters. The minimum Gasteiger partial charge on any atom is -0.381 e. The Morgan fingerprint density at radius 1 is 1.03 bits per heavy atom. The molecule has 2 fully saturated rings. The standard InChI is InChI=1S/C29H35N5O4/c1-20(35)33-26-18-24(34(37)38)12-13-25(26)27(29(33)36)28(22-6-4-3-5-7-22)30-23-10-8-21(9-11-23)19-32-16-14-31(2)15-17-32/h3-7,12-13,18,21,23,30H,8-11,14-17,19H2,1-2H3/b28-27-/t21-,23-. The van der Waals surface area contributed by atoms with Gasteiger partial charge in [0.15, 0.2) is 0 Å². The molecule has 2 aliphatic heterocycles. The molecule has 3 aliphatic rings. The molecular formula is C29H35N5O4. The van der Waals surface area contributed by atoms with Crippen LogP contribution in [0.3, 0.4) is 0 Å². The number of anilines is 1. The van der Waals surface area contributed by atoms with Crippen molar-refractivity contribution in [3.8, 4) is 0 Å². The van der Waals surface area contributed by atoms with E-state index in [-0.39, 0.29) is 17.4 Å². The third-order valence-electron chi connectivity index (χ3n) is 8.05. The Kier molecular flexibility index (Phi) is 7.58. The van der Waals surface area contributed by atoms with Crippen molar-refractivity contribution < 1.29 is 14.5 Å². The number of hydrogen-bond acceptors (Lipinski definition) is 7. The number of piperazine rings is 1. The zero-order chi connectivity index (χ0) is 26.8. The lowest BCUT2D eigenvalue weighted by molar-refractivity contribution is -0.384. The van der Waals surface area contributed by atoms with Crippen LogP contribution in [-0.4, -0.2) is 72.4 Å². The summed E-state index contributed by atoms with van der Waals surface area (Å²) in [5, 5.41) is 15.1. The van der Waals surface area contributed by atoms with Crippen LogP contribution in [0.1, 0.15) is 43.7 Å². The predicted molar refractivity (Wildman–Crippen MR) is 147 cm³/mol. The van der Waals surface area contributed by atoms with E-state index in [2.05, 4.69) is 22.2 Å². The maximum Gasteiger partial charge on any atom is 0.271 e. The van der Waals surface area contributed by atoms with E-state index in [1.54, 1.807) is 6.07 Å². The number of amides is 2. The number of carbonyl (C=O) groups excluding carboxylic acids is 2. The highest BCUT2D eigenvalue weighted by Crippen LogP contribution is 2.42. The summed E-state index contributed by atoms with van der Waals surface area (Å²) >= 11 is 0. The van der Waals surface area contributed by atoms with Gasteiger partial charge in [-0.3, -0.25) is 19.7 Å². The fourth-order valence-corrected chi connectivity index (χ4v) is 5.91. The summed E-state index contributed by atoms with van der Waals surface area (Å²) in [7, 11) is 2.18. The number of rotatable bonds is 6. The lowest BCUT2D eigenvalue weighted by Crippen LogP contribution is -2.46. The molecule has 1 aliphatic carbocycles. The molecule has 9 heteroatoms. The van der Waals surface area contributed by atoms with Gasteiger partial charge in [0.1, 0.15) is 0 Å². The van der Waals surface area contributed by atoms with Gasteiger partial charge in [0.25, 0.3) is 11.6 Å². The lowest BCUT2D eigenvalue weighted by Gasteiger charge is -2.37. The predicted octanol–water partition coefficient (Wildman–Crippen LogP) is 3.75. The molecule has 0 bridgehead atoms. The Bertz CT molecular complexity index is 1240. The summed E-state index contributed by atoms with van der Waals surface area (Å²) in [6.07, 6.45) is 4.24. The van der Waals surface area contributed by atoms with Crippen molar-refractivity contribution in [2.75, 3.05) is 44.7 Å². The second-order valence-electron chi connectivity index (χ2n) is 10.7. The maximum absolute atomic E-state index is 13.7. The Morgan fingerprint density at radius 2 is 1.71 bits per heavy atom. The molecule has 0 radical (unpaired) electrons. The SMILES string of the molecule is CC(=O)N1C(=O)/C(=C(\N[C@H]2CC[C@H](CN3CCN(C)CC3)CC2)c2ccccc2)c2ccc([N+](=O)[O-])cc21. The molecule has 2 aromatic rings. The van der Waals surface area contributed by atoms with Crippen LogP contribution in [0, 0.1) is 16.0 Å². The average Bonchev–Trinajstić information content (AvgIpc) is 3.21. The summed E-state index contributed by atoms with van der Waals surface area (Å²) in [6.45, 7) is 6.96. The molecule has 9 nitrogen and oxygen atoms in total. The minimum atomic E-state index is -0.512. The van der Waals surface area contributed by atoms with Gasteiger partial charge in [0, 0.05) is 63.4 Å². The highest BCUT2D eigenvalue weighted by molar-refractivity contribution is 6.43. The van der Waals surface area contributed by atoms with Gasteiger partial charge in [-0.25, -0.2) is 4.90 Å². The number of fused-ring (bicyclic) bond motifs is 1. The molecule has 0 spiro atoms. The fourth-order valence-electron chi connectivity index (χ4n) is 5.91. The highest BCUT2D eigenvalue weighted by atomic mass is 16.6. The van der Waals surface area contributed by atoms with Crippen LogP contribution >= 0.6 is 0 Å². The summed E-state index contributed by atoms with van der Waals surface area (Å²) in [6, 6.07) is 14.1. The molecule has 1 saturated heterocycles. The summed E-state index contributed by atoms with van der Waals surface area (Å²) < 4.78 is 0. The first-order chi connectivity index (χ1) is 18.3. The third kappa shape index (κ3) is 5.35. The van der Waals surface area contributed by atoms with Crippen molar-refractivity contribution in [1.29, 1.82) is 0 Å². The topological polar surface area (TPSA) is 99.0 Å². The van der Waals surface area contributed by atoms with Crippen molar-refractivity contribution in [2.45, 2.75) is 38.6 Å². The fraction of sp³-hybridized carbons (Fsp3) is 0.448. The Morgan fingerprint density at radius 3 is 2.34 bits per heavy atom. The molecule has 1 N–H and O–H groups in total. The van der Waals surface area contributed by atoms with E-state index in [9.17, 15) is 19.7 Å². The molecule has 5 rings (SSSR count). The van der Waals surface area contributed by atoms with E-state index in [1.807, 2.05) is 30.3 Å². The molecule has 2 heterocycles. The monoisotopic (exact) mass is 517 g/mol. The minimum absolute atomic E-state index is 0.156. The quantitative estimate of drug-likeness (QED) is 0.354. The van der Waals surface area contributed by atoms with Crippen LogP contribution in [0.15, 0.2) is 48.5 Å². The van der Waals surface area contributed by atoms with E-state index in [4.69, 9.17) is 0 Å². The van der Waals surface area contributed by atoms with Crippen LogP contribution in [-0.2, 0) is 9.59 Å². The number of hydrogen-bond donors (Lipinski definition) is 1. The van der Waals surface area contributed by atoms with Crippen molar-refractivity contribution in [1.82, 2.24) is 15.1 Å². The van der Waals surface area contributed by atoms with Gasteiger partial charge in [0.2, 0.25) is 5.91 Å². The first-order valence-corrected chi connectivity index (χ1v) is 13.4. The lowest BCUT2D eigenvalue weighted by atomic mass is 9.85. The number of nitro benzene ring substituents is 1. The zero-order valence-corrected chi connectivity index (χ0v) is 22.1. The number of nitrogens with one attached hydrogen (secondary N) is 1. The number of non-ortho nitro benzene ring substituents is 1. The molecule has 38 heavy (non-hydrogen) atoms. The van der Waals surface area contributed by atoms with Crippen LogP contribution in [0.5, 0.6) is 0 Å². The van der Waals surface area contributed by atoms with E-state index >= 15 is 0 Å². The van der Waals surface area contributed by atoms with E-state index < -0.39 is 16.7 Å². The van der Waals surface area contributed by atoms with E-state index in [0.717, 1.165) is 68.9 Å². The van der Waals surface area contributed by atoms with Gasteiger partial charge < -0.3 is 15.1 Å². The largest absolute Gasteiger partial charge is 0.381 e. The van der Waals surface area contributed by atoms with Crippen LogP contribution in [0.2, 0.25) is 0 Å². The van der Waals surface area contributed by atoms with Gasteiger partial charge in [-0.2, -0.15) is 0 Å². The van der Waals surface area contributed by atoms with Crippen molar-refractivity contribution in [2.24, 2.45) is 5.92 Å². The molecule has 1 saturated carbocycles. The van der Waals surface area contributed by atoms with Crippen molar-refractivity contribution in [3.05, 3.63) is 69.8 Å². The molecule has 2 aromatic carbocycles. The van der Waals surface area contributed by atoms with Gasteiger partial charge in [-0.1, -0.05) is 30.3 Å². The number of benzene rings is 2. The first kappa shape index (κ1) is 26.1. The highest BCUT2D eigenvalue weighted by Gasteiger charge is 2.39. The molecule has 2 amide bonds. The summed E-state index contributed by atoms with van der Waals surface area (Å²) in [4.78, 5) is 43.1. The van der Waals surface area contributed by atoms with Gasteiger partial charge in [-0.05, 0) is 50.3 Å². The van der Waals surface area contributed by atoms with Crippen molar-refractivity contribution in [3.63, 3.8) is 0 Å². The second kappa shape index (κ2) is 11.0.